The molecule has 2 aromatic rings. The lowest BCUT2D eigenvalue weighted by Gasteiger charge is -2.25. The molecule has 1 atom stereocenters. The number of hydrogen-bond donors (Lipinski definition) is 3. The largest absolute Gasteiger partial charge is 0.497 e. The lowest BCUT2D eigenvalue weighted by molar-refractivity contribution is -0.126. The molecule has 1 aromatic carbocycles. The van der Waals surface area contributed by atoms with E-state index in [9.17, 15) is 9.59 Å². The predicted molar refractivity (Wildman–Crippen MR) is 94.7 cm³/mol. The van der Waals surface area contributed by atoms with Crippen LogP contribution in [0.25, 0.3) is 0 Å². The number of aromatic nitrogens is 1. The van der Waals surface area contributed by atoms with Gasteiger partial charge in [-0.1, -0.05) is 0 Å². The SMILES string of the molecule is COc1ccc2c(c1)[C@H](C(=O)NCCNc1cccnc1)CC(=O)N2. The lowest BCUT2D eigenvalue weighted by atomic mass is 9.89. The Hall–Kier alpha value is -3.09. The molecule has 7 nitrogen and oxygen atoms in total. The predicted octanol–water partition coefficient (Wildman–Crippen LogP) is 1.74. The number of carbonyl (C=O) groups excluding carboxylic acids is 2. The van der Waals surface area contributed by atoms with Crippen molar-refractivity contribution in [2.75, 3.05) is 30.8 Å². The van der Waals surface area contributed by atoms with Crippen LogP contribution in [0.1, 0.15) is 17.9 Å². The molecule has 0 saturated heterocycles. The summed E-state index contributed by atoms with van der Waals surface area (Å²) in [4.78, 5) is 28.4. The summed E-state index contributed by atoms with van der Waals surface area (Å²) in [5.74, 6) is -0.188. The number of carbonyl (C=O) groups is 2. The fourth-order valence-electron chi connectivity index (χ4n) is 2.78. The highest BCUT2D eigenvalue weighted by Gasteiger charge is 2.30. The standard InChI is InChI=1S/C18H20N4O3/c1-25-13-4-5-16-14(9-13)15(10-17(23)22-16)18(24)21-8-7-20-12-3-2-6-19-11-12/h2-6,9,11,15,20H,7-8,10H2,1H3,(H,21,24)(H,22,23)/t15-/m1/s1. The molecule has 0 unspecified atom stereocenters. The van der Waals surface area contributed by atoms with Crippen molar-refractivity contribution in [1.82, 2.24) is 10.3 Å². The Bertz CT molecular complexity index is 764. The monoisotopic (exact) mass is 340 g/mol. The second-order valence-electron chi connectivity index (χ2n) is 5.72. The third-order valence-electron chi connectivity index (χ3n) is 4.03. The molecular weight excluding hydrogens is 320 g/mol. The molecule has 1 aliphatic rings. The van der Waals surface area contributed by atoms with Crippen molar-refractivity contribution in [2.45, 2.75) is 12.3 Å². The van der Waals surface area contributed by atoms with Crippen molar-refractivity contribution < 1.29 is 14.3 Å². The van der Waals surface area contributed by atoms with Gasteiger partial charge in [-0.15, -0.1) is 0 Å². The Morgan fingerprint density at radius 1 is 1.36 bits per heavy atom. The number of fused-ring (bicyclic) bond motifs is 1. The van der Waals surface area contributed by atoms with Crippen LogP contribution in [0.2, 0.25) is 0 Å². The summed E-state index contributed by atoms with van der Waals surface area (Å²) in [5.41, 5.74) is 2.33. The van der Waals surface area contributed by atoms with Gasteiger partial charge in [0, 0.05) is 37.6 Å². The molecule has 130 valence electrons. The fourth-order valence-corrected chi connectivity index (χ4v) is 2.78. The number of pyridine rings is 1. The molecule has 0 saturated carbocycles. The van der Waals surface area contributed by atoms with E-state index in [1.165, 1.54) is 0 Å². The van der Waals surface area contributed by atoms with Gasteiger partial charge < -0.3 is 20.7 Å². The van der Waals surface area contributed by atoms with Crippen LogP contribution in [0.15, 0.2) is 42.7 Å². The van der Waals surface area contributed by atoms with Gasteiger partial charge >= 0.3 is 0 Å². The first-order valence-electron chi connectivity index (χ1n) is 8.07. The van der Waals surface area contributed by atoms with Crippen LogP contribution in [0.3, 0.4) is 0 Å². The number of rotatable bonds is 6. The molecule has 3 N–H and O–H groups in total. The summed E-state index contributed by atoms with van der Waals surface area (Å²) in [6.07, 6.45) is 3.55. The molecule has 25 heavy (non-hydrogen) atoms. The smallest absolute Gasteiger partial charge is 0.228 e. The van der Waals surface area contributed by atoms with E-state index in [0.29, 0.717) is 24.5 Å². The maximum Gasteiger partial charge on any atom is 0.228 e. The van der Waals surface area contributed by atoms with Crippen molar-refractivity contribution >= 4 is 23.2 Å². The van der Waals surface area contributed by atoms with Crippen LogP contribution in [-0.4, -0.2) is 37.0 Å². The van der Waals surface area contributed by atoms with E-state index in [1.54, 1.807) is 37.7 Å². The zero-order valence-electron chi connectivity index (χ0n) is 13.9. The third kappa shape index (κ3) is 4.06. The molecule has 1 aromatic heterocycles. The van der Waals surface area contributed by atoms with Gasteiger partial charge in [-0.05, 0) is 35.9 Å². The van der Waals surface area contributed by atoms with E-state index in [1.807, 2.05) is 12.1 Å². The maximum absolute atomic E-state index is 12.5. The molecule has 0 radical (unpaired) electrons. The minimum atomic E-state index is -0.516. The first-order chi connectivity index (χ1) is 12.2. The van der Waals surface area contributed by atoms with Crippen molar-refractivity contribution in [2.24, 2.45) is 0 Å². The molecule has 3 rings (SSSR count). The highest BCUT2D eigenvalue weighted by Crippen LogP contribution is 2.34. The topological polar surface area (TPSA) is 92.3 Å². The fraction of sp³-hybridized carbons (Fsp3) is 0.278. The molecule has 0 aliphatic carbocycles. The van der Waals surface area contributed by atoms with Crippen LogP contribution in [-0.2, 0) is 9.59 Å². The lowest BCUT2D eigenvalue weighted by Crippen LogP contribution is -2.37. The van der Waals surface area contributed by atoms with Gasteiger partial charge in [-0.25, -0.2) is 0 Å². The number of hydrogen-bond acceptors (Lipinski definition) is 5. The molecule has 0 fully saturated rings. The molecule has 1 aliphatic heterocycles. The number of anilines is 2. The molecular formula is C18H20N4O3. The average molecular weight is 340 g/mol. The van der Waals surface area contributed by atoms with Gasteiger partial charge in [0.25, 0.3) is 0 Å². The summed E-state index contributed by atoms with van der Waals surface area (Å²) in [5, 5.41) is 8.84. The van der Waals surface area contributed by atoms with Gasteiger partial charge in [0.05, 0.1) is 18.7 Å². The Morgan fingerprint density at radius 3 is 3.00 bits per heavy atom. The molecule has 2 heterocycles. The van der Waals surface area contributed by atoms with Crippen LogP contribution in [0, 0.1) is 0 Å². The van der Waals surface area contributed by atoms with Crippen molar-refractivity contribution in [3.8, 4) is 5.75 Å². The van der Waals surface area contributed by atoms with E-state index in [4.69, 9.17) is 4.74 Å². The Labute approximate surface area is 145 Å². The minimum Gasteiger partial charge on any atom is -0.497 e. The summed E-state index contributed by atoms with van der Waals surface area (Å²) in [6, 6.07) is 9.06. The van der Waals surface area contributed by atoms with Crippen LogP contribution in [0.4, 0.5) is 11.4 Å². The second-order valence-corrected chi connectivity index (χ2v) is 5.72. The first-order valence-corrected chi connectivity index (χ1v) is 8.07. The van der Waals surface area contributed by atoms with Gasteiger partial charge in [0.1, 0.15) is 5.75 Å². The number of methoxy groups -OCH3 is 1. The number of ether oxygens (including phenoxy) is 1. The molecule has 0 spiro atoms. The van der Waals surface area contributed by atoms with Crippen LogP contribution in [0.5, 0.6) is 5.75 Å². The maximum atomic E-state index is 12.5. The Morgan fingerprint density at radius 2 is 2.24 bits per heavy atom. The average Bonchev–Trinajstić information content (AvgIpc) is 2.65. The normalized spacial score (nSPS) is 15.7. The van der Waals surface area contributed by atoms with E-state index in [2.05, 4.69) is 20.9 Å². The minimum absolute atomic E-state index is 0.127. The van der Waals surface area contributed by atoms with E-state index in [0.717, 1.165) is 11.3 Å². The summed E-state index contributed by atoms with van der Waals surface area (Å²) < 4.78 is 5.22. The quantitative estimate of drug-likeness (QED) is 0.697. The van der Waals surface area contributed by atoms with Gasteiger partial charge in [-0.2, -0.15) is 0 Å². The molecule has 7 heteroatoms. The number of nitrogens with zero attached hydrogens (tertiary/aromatic N) is 1. The Kier molecular flexibility index (Phi) is 5.13. The zero-order chi connectivity index (χ0) is 17.6. The highest BCUT2D eigenvalue weighted by atomic mass is 16.5. The second kappa shape index (κ2) is 7.65. The molecule has 0 bridgehead atoms. The zero-order valence-corrected chi connectivity index (χ0v) is 13.9. The highest BCUT2D eigenvalue weighted by molar-refractivity contribution is 6.01. The number of amides is 2. The van der Waals surface area contributed by atoms with Gasteiger partial charge in [0.2, 0.25) is 11.8 Å². The van der Waals surface area contributed by atoms with E-state index < -0.39 is 5.92 Å². The number of nitrogens with one attached hydrogen (secondary N) is 3. The third-order valence-corrected chi connectivity index (χ3v) is 4.03. The first kappa shape index (κ1) is 16.8. The van der Waals surface area contributed by atoms with Gasteiger partial charge in [-0.3, -0.25) is 14.6 Å². The van der Waals surface area contributed by atoms with Crippen molar-refractivity contribution in [3.05, 3.63) is 48.3 Å². The van der Waals surface area contributed by atoms with Gasteiger partial charge in [0.15, 0.2) is 0 Å². The molecule has 2 amide bonds. The summed E-state index contributed by atoms with van der Waals surface area (Å²) in [6.45, 7) is 1.02. The Balaban J connectivity index is 1.61. The summed E-state index contributed by atoms with van der Waals surface area (Å²) >= 11 is 0. The number of benzene rings is 1. The van der Waals surface area contributed by atoms with Crippen LogP contribution < -0.4 is 20.7 Å². The summed E-state index contributed by atoms with van der Waals surface area (Å²) in [7, 11) is 1.57. The van der Waals surface area contributed by atoms with Crippen molar-refractivity contribution in [3.63, 3.8) is 0 Å². The van der Waals surface area contributed by atoms with E-state index in [-0.39, 0.29) is 18.2 Å². The van der Waals surface area contributed by atoms with E-state index >= 15 is 0 Å². The van der Waals surface area contributed by atoms with Crippen molar-refractivity contribution in [1.29, 1.82) is 0 Å². The van der Waals surface area contributed by atoms with Crippen LogP contribution >= 0.6 is 0 Å².